The topological polar surface area (TPSA) is 81.8 Å². The highest BCUT2D eigenvalue weighted by Gasteiger charge is 2.17. The van der Waals surface area contributed by atoms with Crippen LogP contribution in [0.2, 0.25) is 0 Å². The van der Waals surface area contributed by atoms with Gasteiger partial charge in [0.05, 0.1) is 6.61 Å². The lowest BCUT2D eigenvalue weighted by Gasteiger charge is -2.13. The zero-order valence-electron chi connectivity index (χ0n) is 9.05. The van der Waals surface area contributed by atoms with Gasteiger partial charge in [-0.25, -0.2) is 4.79 Å². The fraction of sp³-hybridized carbons (Fsp3) is 0.364. The highest BCUT2D eigenvalue weighted by Crippen LogP contribution is 2.20. The maximum Gasteiger partial charge on any atom is 0.346 e. The van der Waals surface area contributed by atoms with Gasteiger partial charge in [0.2, 0.25) is 6.10 Å². The molecule has 0 aliphatic heterocycles. The lowest BCUT2D eigenvalue weighted by atomic mass is 10.3. The van der Waals surface area contributed by atoms with Crippen LogP contribution in [0, 0.1) is 0 Å². The Bertz CT molecular complexity index is 354. The van der Waals surface area contributed by atoms with Crippen molar-refractivity contribution < 1.29 is 19.4 Å². The van der Waals surface area contributed by atoms with E-state index in [1.54, 1.807) is 24.3 Å². The molecule has 0 aliphatic rings. The van der Waals surface area contributed by atoms with Crippen LogP contribution in [-0.4, -0.2) is 30.3 Å². The van der Waals surface area contributed by atoms with Gasteiger partial charge in [-0.2, -0.15) is 0 Å². The van der Waals surface area contributed by atoms with Crippen molar-refractivity contribution in [1.29, 1.82) is 0 Å². The van der Waals surface area contributed by atoms with Crippen LogP contribution in [0.1, 0.15) is 6.92 Å². The van der Waals surface area contributed by atoms with Crippen molar-refractivity contribution in [2.75, 3.05) is 13.2 Å². The summed E-state index contributed by atoms with van der Waals surface area (Å²) in [6.45, 7) is 2.34. The molecule has 0 saturated heterocycles. The Kier molecular flexibility index (Phi) is 4.60. The highest BCUT2D eigenvalue weighted by molar-refractivity contribution is 5.73. The van der Waals surface area contributed by atoms with Gasteiger partial charge in [-0.15, -0.1) is 0 Å². The van der Waals surface area contributed by atoms with Gasteiger partial charge in [-0.1, -0.05) is 6.07 Å². The molecule has 0 saturated carbocycles. The molecule has 5 heteroatoms. The number of nitrogens with two attached hydrogens (primary N) is 1. The number of benzene rings is 1. The highest BCUT2D eigenvalue weighted by atomic mass is 16.5. The first kappa shape index (κ1) is 12.3. The molecule has 0 aromatic heterocycles. The van der Waals surface area contributed by atoms with E-state index >= 15 is 0 Å². The van der Waals surface area contributed by atoms with Crippen LogP contribution >= 0.6 is 0 Å². The van der Waals surface area contributed by atoms with Gasteiger partial charge in [0.15, 0.2) is 0 Å². The van der Waals surface area contributed by atoms with Gasteiger partial charge in [-0.3, -0.25) is 0 Å². The minimum Gasteiger partial charge on any atom is -0.494 e. The van der Waals surface area contributed by atoms with Crippen molar-refractivity contribution in [2.45, 2.75) is 13.0 Å². The number of hydrogen-bond acceptors (Lipinski definition) is 4. The molecule has 1 aromatic rings. The molecule has 1 atom stereocenters. The minimum atomic E-state index is -1.08. The monoisotopic (exact) mass is 225 g/mol. The third-order valence-electron chi connectivity index (χ3n) is 1.88. The van der Waals surface area contributed by atoms with Gasteiger partial charge < -0.3 is 20.3 Å². The van der Waals surface area contributed by atoms with E-state index in [-0.39, 0.29) is 6.54 Å². The zero-order valence-corrected chi connectivity index (χ0v) is 9.05. The second-order valence-electron chi connectivity index (χ2n) is 3.09. The molecule has 5 nitrogen and oxygen atoms in total. The number of aliphatic carboxylic acids is 1. The van der Waals surface area contributed by atoms with Crippen molar-refractivity contribution in [3.8, 4) is 11.5 Å². The van der Waals surface area contributed by atoms with Gasteiger partial charge in [-0.05, 0) is 19.1 Å². The van der Waals surface area contributed by atoms with Crippen molar-refractivity contribution in [3.63, 3.8) is 0 Å². The van der Waals surface area contributed by atoms with E-state index in [0.29, 0.717) is 18.1 Å². The Labute approximate surface area is 93.8 Å². The number of ether oxygens (including phenoxy) is 2. The standard InChI is InChI=1S/C11H15NO4/c1-2-15-8-4-3-5-9(6-8)16-10(7-12)11(13)14/h3-6,10H,2,7,12H2,1H3,(H,13,14). The van der Waals surface area contributed by atoms with Crippen LogP contribution in [-0.2, 0) is 4.79 Å². The summed E-state index contributed by atoms with van der Waals surface area (Å²) in [4.78, 5) is 10.7. The SMILES string of the molecule is CCOc1cccc(OC(CN)C(=O)O)c1. The maximum absolute atomic E-state index is 10.7. The fourth-order valence-corrected chi connectivity index (χ4v) is 1.17. The van der Waals surface area contributed by atoms with E-state index in [2.05, 4.69) is 0 Å². The molecule has 3 N–H and O–H groups in total. The van der Waals surface area contributed by atoms with Gasteiger partial charge in [0.1, 0.15) is 11.5 Å². The minimum absolute atomic E-state index is 0.0752. The molecular weight excluding hydrogens is 210 g/mol. The Morgan fingerprint density at radius 1 is 1.50 bits per heavy atom. The second kappa shape index (κ2) is 5.97. The predicted molar refractivity (Wildman–Crippen MR) is 58.7 cm³/mol. The van der Waals surface area contributed by atoms with Gasteiger partial charge in [0, 0.05) is 12.6 Å². The quantitative estimate of drug-likeness (QED) is 0.750. The summed E-state index contributed by atoms with van der Waals surface area (Å²) in [6, 6.07) is 6.80. The predicted octanol–water partition coefficient (Wildman–Crippen LogP) is 0.876. The Balaban J connectivity index is 2.72. The van der Waals surface area contributed by atoms with E-state index in [4.69, 9.17) is 20.3 Å². The van der Waals surface area contributed by atoms with Crippen LogP contribution in [0.5, 0.6) is 11.5 Å². The first-order valence-corrected chi connectivity index (χ1v) is 4.99. The zero-order chi connectivity index (χ0) is 12.0. The molecule has 1 rings (SSSR count). The summed E-state index contributed by atoms with van der Waals surface area (Å²) >= 11 is 0. The first-order valence-electron chi connectivity index (χ1n) is 4.99. The third-order valence-corrected chi connectivity index (χ3v) is 1.88. The van der Waals surface area contributed by atoms with Crippen molar-refractivity contribution in [3.05, 3.63) is 24.3 Å². The van der Waals surface area contributed by atoms with E-state index in [0.717, 1.165) is 0 Å². The Hall–Kier alpha value is -1.75. The molecule has 0 fully saturated rings. The summed E-state index contributed by atoms with van der Waals surface area (Å²) in [5.74, 6) is -0.00530. The smallest absolute Gasteiger partial charge is 0.346 e. The number of hydrogen-bond donors (Lipinski definition) is 2. The normalized spacial score (nSPS) is 11.9. The fourth-order valence-electron chi connectivity index (χ4n) is 1.17. The van der Waals surface area contributed by atoms with Crippen LogP contribution in [0.15, 0.2) is 24.3 Å². The van der Waals surface area contributed by atoms with Gasteiger partial charge in [0.25, 0.3) is 0 Å². The molecule has 0 heterocycles. The van der Waals surface area contributed by atoms with Crippen molar-refractivity contribution >= 4 is 5.97 Å². The van der Waals surface area contributed by atoms with Crippen LogP contribution in [0.4, 0.5) is 0 Å². The maximum atomic E-state index is 10.7. The van der Waals surface area contributed by atoms with Crippen molar-refractivity contribution in [2.24, 2.45) is 5.73 Å². The summed E-state index contributed by atoms with van der Waals surface area (Å²) < 4.78 is 10.5. The number of rotatable bonds is 6. The lowest BCUT2D eigenvalue weighted by Crippen LogP contribution is -2.34. The Morgan fingerprint density at radius 2 is 2.19 bits per heavy atom. The number of carbonyl (C=O) groups is 1. The summed E-state index contributed by atoms with van der Waals surface area (Å²) in [7, 11) is 0. The van der Waals surface area contributed by atoms with Crippen LogP contribution in [0.25, 0.3) is 0 Å². The molecule has 1 unspecified atom stereocenters. The molecule has 0 aliphatic carbocycles. The third kappa shape index (κ3) is 3.43. The second-order valence-corrected chi connectivity index (χ2v) is 3.09. The molecule has 0 radical (unpaired) electrons. The number of carboxylic acid groups (broad SMARTS) is 1. The summed E-state index contributed by atoms with van der Waals surface area (Å²) in [5, 5.41) is 8.77. The van der Waals surface area contributed by atoms with Gasteiger partial charge >= 0.3 is 5.97 Å². The van der Waals surface area contributed by atoms with E-state index < -0.39 is 12.1 Å². The molecular formula is C11H15NO4. The van der Waals surface area contributed by atoms with E-state index in [1.807, 2.05) is 6.92 Å². The average Bonchev–Trinajstić information content (AvgIpc) is 2.26. The Morgan fingerprint density at radius 3 is 2.75 bits per heavy atom. The molecule has 88 valence electrons. The molecule has 1 aromatic carbocycles. The van der Waals surface area contributed by atoms with Crippen LogP contribution in [0.3, 0.4) is 0 Å². The van der Waals surface area contributed by atoms with Crippen molar-refractivity contribution in [1.82, 2.24) is 0 Å². The molecule has 0 spiro atoms. The number of carboxylic acids is 1. The summed E-state index contributed by atoms with van der Waals surface area (Å²) in [6.07, 6.45) is -1.03. The molecule has 16 heavy (non-hydrogen) atoms. The first-order chi connectivity index (χ1) is 7.67. The van der Waals surface area contributed by atoms with Crippen LogP contribution < -0.4 is 15.2 Å². The average molecular weight is 225 g/mol. The summed E-state index contributed by atoms with van der Waals surface area (Å²) in [5.41, 5.74) is 5.28. The molecule has 0 amide bonds. The van der Waals surface area contributed by atoms with E-state index in [1.165, 1.54) is 0 Å². The van der Waals surface area contributed by atoms with E-state index in [9.17, 15) is 4.79 Å². The largest absolute Gasteiger partial charge is 0.494 e. The lowest BCUT2D eigenvalue weighted by molar-refractivity contribution is -0.144. The molecule has 0 bridgehead atoms.